The molecule has 1 unspecified atom stereocenters. The van der Waals surface area contributed by atoms with E-state index in [-0.39, 0.29) is 12.6 Å². The Labute approximate surface area is 209 Å². The quantitative estimate of drug-likeness (QED) is 0.317. The summed E-state index contributed by atoms with van der Waals surface area (Å²) in [4.78, 5) is 28.4. The summed E-state index contributed by atoms with van der Waals surface area (Å²) in [6.07, 6.45) is 3.30. The average molecular weight is 529 g/mol. The molecule has 0 aliphatic carbocycles. The highest BCUT2D eigenvalue weighted by Gasteiger charge is 2.15. The summed E-state index contributed by atoms with van der Waals surface area (Å²) in [5.74, 6) is 0.367. The second kappa shape index (κ2) is 12.6. The third-order valence-electron chi connectivity index (χ3n) is 5.57. The van der Waals surface area contributed by atoms with Gasteiger partial charge in [-0.3, -0.25) is 5.32 Å². The van der Waals surface area contributed by atoms with Crippen molar-refractivity contribution in [3.8, 4) is 11.3 Å². The Hall–Kier alpha value is -2.78. The number of nitrogens with zero attached hydrogens (tertiary/aromatic N) is 4. The molecule has 1 aromatic carbocycles. The lowest BCUT2D eigenvalue weighted by atomic mass is 10.1. The lowest BCUT2D eigenvalue weighted by Crippen LogP contribution is -2.25. The van der Waals surface area contributed by atoms with Crippen LogP contribution in [0.25, 0.3) is 22.4 Å². The number of ether oxygens (including phenoxy) is 1. The number of amides is 1. The van der Waals surface area contributed by atoms with Crippen LogP contribution in [0.4, 0.5) is 16.3 Å². The molecule has 0 bridgehead atoms. The Morgan fingerprint density at radius 2 is 1.88 bits per heavy atom. The molecule has 2 N–H and O–H groups in total. The van der Waals surface area contributed by atoms with Crippen LogP contribution in [0.5, 0.6) is 0 Å². The maximum Gasteiger partial charge on any atom is 0.412 e. The molecule has 0 radical (unpaired) electrons. The molecule has 182 valence electrons. The SMILES string of the molecule is CCOC(=O)Nc1cc(NC(C)CCCN(CC)CC)c2ncc(-c3ccc(Br)cc3)nc2n1. The van der Waals surface area contributed by atoms with Crippen LogP contribution in [-0.4, -0.2) is 58.2 Å². The van der Waals surface area contributed by atoms with E-state index < -0.39 is 6.09 Å². The second-order valence-corrected chi connectivity index (χ2v) is 8.97. The maximum atomic E-state index is 12.0. The smallest absolute Gasteiger partial charge is 0.412 e. The van der Waals surface area contributed by atoms with Crippen molar-refractivity contribution in [1.29, 1.82) is 0 Å². The van der Waals surface area contributed by atoms with E-state index in [2.05, 4.69) is 62.2 Å². The summed E-state index contributed by atoms with van der Waals surface area (Å²) in [6, 6.07) is 9.86. The van der Waals surface area contributed by atoms with Crippen molar-refractivity contribution in [3.63, 3.8) is 0 Å². The molecule has 0 saturated heterocycles. The Morgan fingerprint density at radius 1 is 1.15 bits per heavy atom. The highest BCUT2D eigenvalue weighted by atomic mass is 79.9. The molecule has 0 saturated carbocycles. The van der Waals surface area contributed by atoms with Crippen molar-refractivity contribution in [2.75, 3.05) is 36.9 Å². The monoisotopic (exact) mass is 528 g/mol. The average Bonchev–Trinajstić information content (AvgIpc) is 2.82. The molecule has 8 nitrogen and oxygen atoms in total. The molecule has 9 heteroatoms. The normalized spacial score (nSPS) is 12.1. The highest BCUT2D eigenvalue weighted by Crippen LogP contribution is 2.27. The van der Waals surface area contributed by atoms with Gasteiger partial charge in [-0.25, -0.2) is 19.7 Å². The van der Waals surface area contributed by atoms with E-state index in [4.69, 9.17) is 9.72 Å². The maximum absolute atomic E-state index is 12.0. The first kappa shape index (κ1) is 25.8. The first-order valence-corrected chi connectivity index (χ1v) is 12.6. The molecule has 2 heterocycles. The molecule has 34 heavy (non-hydrogen) atoms. The molecule has 0 aliphatic heterocycles. The molecule has 1 atom stereocenters. The van der Waals surface area contributed by atoms with Gasteiger partial charge in [0, 0.05) is 22.1 Å². The topological polar surface area (TPSA) is 92.3 Å². The number of hydrogen-bond donors (Lipinski definition) is 2. The molecule has 0 spiro atoms. The number of carbonyl (C=O) groups excluding carboxylic acids is 1. The molecule has 0 aliphatic rings. The number of carbonyl (C=O) groups is 1. The van der Waals surface area contributed by atoms with Gasteiger partial charge in [-0.15, -0.1) is 0 Å². The van der Waals surface area contributed by atoms with Crippen LogP contribution in [0, 0.1) is 0 Å². The van der Waals surface area contributed by atoms with Gasteiger partial charge in [0.15, 0.2) is 5.65 Å². The third kappa shape index (κ3) is 7.11. The summed E-state index contributed by atoms with van der Waals surface area (Å²) in [6.45, 7) is 11.8. The summed E-state index contributed by atoms with van der Waals surface area (Å²) in [7, 11) is 0. The van der Waals surface area contributed by atoms with Gasteiger partial charge in [-0.05, 0) is 58.5 Å². The van der Waals surface area contributed by atoms with Crippen LogP contribution < -0.4 is 10.6 Å². The molecule has 0 fully saturated rings. The third-order valence-corrected chi connectivity index (χ3v) is 6.10. The lowest BCUT2D eigenvalue weighted by molar-refractivity contribution is 0.168. The number of rotatable bonds is 11. The van der Waals surface area contributed by atoms with Crippen LogP contribution in [-0.2, 0) is 4.74 Å². The fourth-order valence-electron chi connectivity index (χ4n) is 3.70. The zero-order chi connectivity index (χ0) is 24.5. The first-order chi connectivity index (χ1) is 16.4. The highest BCUT2D eigenvalue weighted by molar-refractivity contribution is 9.10. The Bertz CT molecular complexity index is 1090. The van der Waals surface area contributed by atoms with E-state index in [1.807, 2.05) is 24.3 Å². The van der Waals surface area contributed by atoms with Gasteiger partial charge >= 0.3 is 6.09 Å². The molecular weight excluding hydrogens is 496 g/mol. The number of anilines is 2. The summed E-state index contributed by atoms with van der Waals surface area (Å²) < 4.78 is 6.02. The second-order valence-electron chi connectivity index (χ2n) is 8.05. The lowest BCUT2D eigenvalue weighted by Gasteiger charge is -2.21. The van der Waals surface area contributed by atoms with E-state index in [0.717, 1.165) is 48.2 Å². The van der Waals surface area contributed by atoms with Crippen LogP contribution in [0.3, 0.4) is 0 Å². The van der Waals surface area contributed by atoms with Gasteiger partial charge in [0.1, 0.15) is 11.3 Å². The number of halogens is 1. The molecule has 1 amide bonds. The van der Waals surface area contributed by atoms with Gasteiger partial charge in [-0.1, -0.05) is 41.9 Å². The predicted molar refractivity (Wildman–Crippen MR) is 141 cm³/mol. The number of aromatic nitrogens is 3. The molecule has 3 aromatic rings. The number of nitrogens with one attached hydrogen (secondary N) is 2. The van der Waals surface area contributed by atoms with Gasteiger partial charge in [-0.2, -0.15) is 0 Å². The largest absolute Gasteiger partial charge is 0.450 e. The minimum Gasteiger partial charge on any atom is -0.450 e. The summed E-state index contributed by atoms with van der Waals surface area (Å²) >= 11 is 3.46. The van der Waals surface area contributed by atoms with Crippen molar-refractivity contribution in [3.05, 3.63) is 41.0 Å². The zero-order valence-corrected chi connectivity index (χ0v) is 21.9. The minimum atomic E-state index is -0.551. The van der Waals surface area contributed by atoms with E-state index in [1.54, 1.807) is 19.2 Å². The van der Waals surface area contributed by atoms with E-state index >= 15 is 0 Å². The fraction of sp³-hybridized carbons (Fsp3) is 0.440. The Morgan fingerprint density at radius 3 is 2.56 bits per heavy atom. The Kier molecular flexibility index (Phi) is 9.59. The van der Waals surface area contributed by atoms with Crippen molar-refractivity contribution >= 4 is 44.7 Å². The predicted octanol–water partition coefficient (Wildman–Crippen LogP) is 5.95. The van der Waals surface area contributed by atoms with E-state index in [9.17, 15) is 4.79 Å². The van der Waals surface area contributed by atoms with Crippen molar-refractivity contribution in [1.82, 2.24) is 19.9 Å². The zero-order valence-electron chi connectivity index (χ0n) is 20.3. The molecule has 3 rings (SSSR count). The van der Waals surface area contributed by atoms with E-state index in [0.29, 0.717) is 22.7 Å². The standard InChI is InChI=1S/C25H33BrN6O2/c1-5-32(6-2)14-8-9-17(4)28-20-15-22(31-25(33)34-7-3)30-24-23(20)27-16-21(29-24)18-10-12-19(26)13-11-18/h10-13,15-17H,5-9,14H2,1-4H3,(H2,28,29,30,31,33). The van der Waals surface area contributed by atoms with Gasteiger partial charge in [0.05, 0.1) is 24.2 Å². The fourth-order valence-corrected chi connectivity index (χ4v) is 3.97. The number of pyridine rings is 1. The summed E-state index contributed by atoms with van der Waals surface area (Å²) in [5.41, 5.74) is 3.53. The van der Waals surface area contributed by atoms with Crippen LogP contribution in [0.2, 0.25) is 0 Å². The van der Waals surface area contributed by atoms with E-state index in [1.165, 1.54) is 0 Å². The number of fused-ring (bicyclic) bond motifs is 1. The van der Waals surface area contributed by atoms with Crippen molar-refractivity contribution in [2.24, 2.45) is 0 Å². The minimum absolute atomic E-state index is 0.213. The van der Waals surface area contributed by atoms with Crippen molar-refractivity contribution < 1.29 is 9.53 Å². The number of hydrogen-bond acceptors (Lipinski definition) is 7. The van der Waals surface area contributed by atoms with Crippen molar-refractivity contribution in [2.45, 2.75) is 46.6 Å². The summed E-state index contributed by atoms with van der Waals surface area (Å²) in [5, 5.41) is 6.24. The van der Waals surface area contributed by atoms with Gasteiger partial charge in [0.2, 0.25) is 0 Å². The van der Waals surface area contributed by atoms with Crippen LogP contribution >= 0.6 is 15.9 Å². The Balaban J connectivity index is 1.88. The first-order valence-electron chi connectivity index (χ1n) is 11.8. The molecule has 2 aromatic heterocycles. The molecular formula is C25H33BrN6O2. The van der Waals surface area contributed by atoms with Gasteiger partial charge in [0.25, 0.3) is 0 Å². The van der Waals surface area contributed by atoms with Crippen LogP contribution in [0.15, 0.2) is 41.0 Å². The van der Waals surface area contributed by atoms with Gasteiger partial charge < -0.3 is 15.0 Å². The number of benzene rings is 1. The van der Waals surface area contributed by atoms with Crippen LogP contribution in [0.1, 0.15) is 40.5 Å².